The number of oxime groups is 1. The molecule has 0 unspecified atom stereocenters. The van der Waals surface area contributed by atoms with Gasteiger partial charge < -0.3 is 20.6 Å². The summed E-state index contributed by atoms with van der Waals surface area (Å²) < 4.78 is 5.04. The van der Waals surface area contributed by atoms with Gasteiger partial charge >= 0.3 is 0 Å². The Labute approximate surface area is 114 Å². The largest absolute Gasteiger partial charge is 0.409 e. The van der Waals surface area contributed by atoms with Crippen molar-refractivity contribution in [1.82, 2.24) is 4.90 Å². The Bertz CT molecular complexity index is 302. The van der Waals surface area contributed by atoms with Gasteiger partial charge in [0.15, 0.2) is 0 Å². The normalized spacial score (nSPS) is 17.4. The van der Waals surface area contributed by atoms with Crippen molar-refractivity contribution >= 4 is 11.7 Å². The zero-order valence-electron chi connectivity index (χ0n) is 11.7. The fraction of sp³-hybridized carbons (Fsp3) is 0.846. The van der Waals surface area contributed by atoms with Crippen LogP contribution in [0.1, 0.15) is 38.5 Å². The van der Waals surface area contributed by atoms with Gasteiger partial charge in [-0.15, -0.1) is 0 Å². The highest BCUT2D eigenvalue weighted by Crippen LogP contribution is 2.25. The van der Waals surface area contributed by atoms with E-state index in [1.165, 1.54) is 6.42 Å². The number of nitrogens with zero attached hydrogens (tertiary/aromatic N) is 2. The van der Waals surface area contributed by atoms with E-state index < -0.39 is 0 Å². The summed E-state index contributed by atoms with van der Waals surface area (Å²) in [6.45, 7) is 1.55. The molecule has 0 aromatic rings. The maximum atomic E-state index is 12.4. The maximum absolute atomic E-state index is 12.4. The van der Waals surface area contributed by atoms with Crippen molar-refractivity contribution in [2.75, 3.05) is 26.8 Å². The summed E-state index contributed by atoms with van der Waals surface area (Å²) in [6.07, 6.45) is 5.84. The second kappa shape index (κ2) is 8.74. The number of amides is 1. The molecule has 0 bridgehead atoms. The van der Waals surface area contributed by atoms with Crippen LogP contribution in [0.25, 0.3) is 0 Å². The van der Waals surface area contributed by atoms with Crippen molar-refractivity contribution in [3.63, 3.8) is 0 Å². The maximum Gasteiger partial charge on any atom is 0.225 e. The summed E-state index contributed by atoms with van der Waals surface area (Å²) in [7, 11) is 1.62. The van der Waals surface area contributed by atoms with E-state index in [-0.39, 0.29) is 17.7 Å². The molecule has 6 heteroatoms. The van der Waals surface area contributed by atoms with Gasteiger partial charge in [0, 0.05) is 32.5 Å². The van der Waals surface area contributed by atoms with Crippen LogP contribution < -0.4 is 5.73 Å². The Hall–Kier alpha value is -1.30. The molecule has 0 aromatic carbocycles. The van der Waals surface area contributed by atoms with Crippen LogP contribution in [0.3, 0.4) is 0 Å². The van der Waals surface area contributed by atoms with Crippen molar-refractivity contribution in [2.24, 2.45) is 16.8 Å². The third-order valence-corrected chi connectivity index (χ3v) is 3.60. The molecule has 0 spiro atoms. The Kier molecular flexibility index (Phi) is 7.25. The van der Waals surface area contributed by atoms with Crippen molar-refractivity contribution < 1.29 is 14.7 Å². The molecule has 110 valence electrons. The minimum Gasteiger partial charge on any atom is -0.409 e. The number of nitrogens with two attached hydrogens (primary N) is 1. The quantitative estimate of drug-likeness (QED) is 0.315. The van der Waals surface area contributed by atoms with E-state index in [0.717, 1.165) is 25.7 Å². The van der Waals surface area contributed by atoms with Crippen LogP contribution in [0.4, 0.5) is 0 Å². The number of carbonyl (C=O) groups excluding carboxylic acids is 1. The first kappa shape index (κ1) is 15.8. The zero-order chi connectivity index (χ0) is 14.1. The van der Waals surface area contributed by atoms with Gasteiger partial charge in [-0.1, -0.05) is 24.4 Å². The highest BCUT2D eigenvalue weighted by molar-refractivity contribution is 5.82. The standard InChI is InChI=1S/C13H25N3O3/c1-19-10-9-16(8-7-12(14)15-18)13(17)11-5-3-2-4-6-11/h11,18H,2-10H2,1H3,(H2,14,15). The van der Waals surface area contributed by atoms with Gasteiger partial charge in [0.25, 0.3) is 0 Å². The van der Waals surface area contributed by atoms with Crippen LogP contribution >= 0.6 is 0 Å². The molecule has 1 rings (SSSR count). The number of hydrogen-bond acceptors (Lipinski definition) is 4. The molecule has 3 N–H and O–H groups in total. The van der Waals surface area contributed by atoms with Crippen LogP contribution in [-0.2, 0) is 9.53 Å². The lowest BCUT2D eigenvalue weighted by Crippen LogP contribution is -2.40. The Morgan fingerprint density at radius 3 is 2.63 bits per heavy atom. The average Bonchev–Trinajstić information content (AvgIpc) is 2.47. The fourth-order valence-electron chi connectivity index (χ4n) is 2.44. The van der Waals surface area contributed by atoms with Gasteiger partial charge in [-0.05, 0) is 12.8 Å². The smallest absolute Gasteiger partial charge is 0.225 e. The summed E-state index contributed by atoms with van der Waals surface area (Å²) in [5.74, 6) is 0.472. The van der Waals surface area contributed by atoms with Gasteiger partial charge in [0.1, 0.15) is 5.84 Å². The van der Waals surface area contributed by atoms with Gasteiger partial charge in [-0.3, -0.25) is 4.79 Å². The molecule has 1 amide bonds. The first-order valence-corrected chi connectivity index (χ1v) is 6.93. The lowest BCUT2D eigenvalue weighted by Gasteiger charge is -2.29. The molecule has 0 saturated heterocycles. The minimum absolute atomic E-state index is 0.137. The molecule has 1 aliphatic carbocycles. The lowest BCUT2D eigenvalue weighted by molar-refractivity contribution is -0.137. The van der Waals surface area contributed by atoms with E-state index in [4.69, 9.17) is 15.7 Å². The van der Waals surface area contributed by atoms with Crippen LogP contribution in [0.15, 0.2) is 5.16 Å². The third-order valence-electron chi connectivity index (χ3n) is 3.60. The molecule has 0 heterocycles. The Morgan fingerprint density at radius 2 is 2.05 bits per heavy atom. The second-order valence-electron chi connectivity index (χ2n) is 4.99. The molecule has 1 aliphatic rings. The SMILES string of the molecule is COCCN(CCC(N)=NO)C(=O)C1CCCCC1. The summed E-state index contributed by atoms with van der Waals surface area (Å²) >= 11 is 0. The Morgan fingerprint density at radius 1 is 1.37 bits per heavy atom. The van der Waals surface area contributed by atoms with Crippen molar-refractivity contribution in [3.8, 4) is 0 Å². The van der Waals surface area contributed by atoms with Crippen LogP contribution in [-0.4, -0.2) is 48.7 Å². The topological polar surface area (TPSA) is 88.2 Å². The average molecular weight is 271 g/mol. The van der Waals surface area contributed by atoms with E-state index in [1.807, 2.05) is 0 Å². The summed E-state index contributed by atoms with van der Waals surface area (Å²) in [6, 6.07) is 0. The van der Waals surface area contributed by atoms with E-state index in [2.05, 4.69) is 5.16 Å². The molecular weight excluding hydrogens is 246 g/mol. The molecular formula is C13H25N3O3. The first-order chi connectivity index (χ1) is 9.19. The van der Waals surface area contributed by atoms with E-state index >= 15 is 0 Å². The zero-order valence-corrected chi connectivity index (χ0v) is 11.7. The Balaban J connectivity index is 2.52. The fourth-order valence-corrected chi connectivity index (χ4v) is 2.44. The summed E-state index contributed by atoms with van der Waals surface area (Å²) in [5, 5.41) is 11.5. The van der Waals surface area contributed by atoms with Gasteiger partial charge in [0.05, 0.1) is 6.61 Å². The number of ether oxygens (including phenoxy) is 1. The highest BCUT2D eigenvalue weighted by Gasteiger charge is 2.25. The molecule has 0 aliphatic heterocycles. The lowest BCUT2D eigenvalue weighted by atomic mass is 9.88. The van der Waals surface area contributed by atoms with Crippen molar-refractivity contribution in [1.29, 1.82) is 0 Å². The summed E-state index contributed by atoms with van der Waals surface area (Å²) in [4.78, 5) is 14.2. The van der Waals surface area contributed by atoms with E-state index in [9.17, 15) is 4.79 Å². The molecule has 0 radical (unpaired) electrons. The van der Waals surface area contributed by atoms with Gasteiger partial charge in [-0.2, -0.15) is 0 Å². The highest BCUT2D eigenvalue weighted by atomic mass is 16.5. The van der Waals surface area contributed by atoms with E-state index in [1.54, 1.807) is 12.0 Å². The number of rotatable bonds is 7. The van der Waals surface area contributed by atoms with Crippen LogP contribution in [0.5, 0.6) is 0 Å². The van der Waals surface area contributed by atoms with E-state index in [0.29, 0.717) is 26.1 Å². The first-order valence-electron chi connectivity index (χ1n) is 6.93. The number of carbonyl (C=O) groups is 1. The van der Waals surface area contributed by atoms with Crippen molar-refractivity contribution in [3.05, 3.63) is 0 Å². The van der Waals surface area contributed by atoms with Crippen LogP contribution in [0.2, 0.25) is 0 Å². The van der Waals surface area contributed by atoms with Crippen LogP contribution in [0, 0.1) is 5.92 Å². The third kappa shape index (κ3) is 5.46. The predicted octanol–water partition coefficient (Wildman–Crippen LogP) is 1.18. The molecule has 1 fully saturated rings. The van der Waals surface area contributed by atoms with Gasteiger partial charge in [-0.25, -0.2) is 0 Å². The molecule has 6 nitrogen and oxygen atoms in total. The van der Waals surface area contributed by atoms with Gasteiger partial charge in [0.2, 0.25) is 5.91 Å². The number of hydrogen-bond donors (Lipinski definition) is 2. The van der Waals surface area contributed by atoms with Crippen molar-refractivity contribution in [2.45, 2.75) is 38.5 Å². The second-order valence-corrected chi connectivity index (χ2v) is 4.99. The summed E-state index contributed by atoms with van der Waals surface area (Å²) in [5.41, 5.74) is 5.46. The monoisotopic (exact) mass is 271 g/mol. The number of methoxy groups -OCH3 is 1. The minimum atomic E-state index is 0.137. The molecule has 0 aromatic heterocycles. The number of amidine groups is 1. The predicted molar refractivity (Wildman–Crippen MR) is 73.1 cm³/mol. The molecule has 19 heavy (non-hydrogen) atoms. The molecule has 1 saturated carbocycles. The molecule has 0 atom stereocenters.